The first kappa shape index (κ1) is 10.4. The molecule has 4 nitrogen and oxygen atoms in total. The minimum Gasteiger partial charge on any atom is -0.368 e. The van der Waals surface area contributed by atoms with Crippen LogP contribution in [0.25, 0.3) is 5.69 Å². The number of aromatic nitrogens is 3. The lowest BCUT2D eigenvalue weighted by molar-refractivity contribution is 1.02. The number of aromatic amines is 1. The number of rotatable bonds is 1. The van der Waals surface area contributed by atoms with Gasteiger partial charge in [0.2, 0.25) is 10.7 Å². The maximum Gasteiger partial charge on any atom is 0.225 e. The molecule has 0 aliphatic rings. The van der Waals surface area contributed by atoms with Crippen LogP contribution in [0.4, 0.5) is 5.95 Å². The molecule has 0 amide bonds. The summed E-state index contributed by atoms with van der Waals surface area (Å²) in [7, 11) is 0. The minimum atomic E-state index is 0.366. The molecule has 1 aromatic carbocycles. The van der Waals surface area contributed by atoms with Gasteiger partial charge in [-0.25, -0.2) is 5.10 Å². The third-order valence-electron chi connectivity index (χ3n) is 2.10. The first-order valence-electron chi connectivity index (χ1n) is 4.29. The van der Waals surface area contributed by atoms with Crippen LogP contribution in [-0.2, 0) is 0 Å². The van der Waals surface area contributed by atoms with Crippen LogP contribution in [0.5, 0.6) is 0 Å². The Morgan fingerprint density at radius 3 is 2.80 bits per heavy atom. The van der Waals surface area contributed by atoms with Crippen molar-refractivity contribution in [1.29, 1.82) is 0 Å². The molecule has 0 aliphatic carbocycles. The summed E-state index contributed by atoms with van der Waals surface area (Å²) in [4.78, 5) is 0. The Hall–Kier alpha value is -1.14. The summed E-state index contributed by atoms with van der Waals surface area (Å²) in [6, 6.07) is 5.89. The predicted molar refractivity (Wildman–Crippen MR) is 65.6 cm³/mol. The number of nitrogens with two attached hydrogens (primary N) is 1. The Balaban J connectivity index is 2.69. The quantitative estimate of drug-likeness (QED) is 0.792. The van der Waals surface area contributed by atoms with Crippen LogP contribution >= 0.6 is 28.1 Å². The summed E-state index contributed by atoms with van der Waals surface area (Å²) >= 11 is 8.51. The Morgan fingerprint density at radius 1 is 1.53 bits per heavy atom. The molecule has 15 heavy (non-hydrogen) atoms. The van der Waals surface area contributed by atoms with Crippen LogP contribution in [0.3, 0.4) is 0 Å². The van der Waals surface area contributed by atoms with Crippen molar-refractivity contribution in [2.24, 2.45) is 0 Å². The second-order valence-corrected chi connectivity index (χ2v) is 4.46. The van der Waals surface area contributed by atoms with E-state index in [4.69, 9.17) is 18.0 Å². The number of nitrogens with one attached hydrogen (secondary N) is 1. The highest BCUT2D eigenvalue weighted by atomic mass is 79.9. The van der Waals surface area contributed by atoms with Crippen molar-refractivity contribution in [3.8, 4) is 5.69 Å². The highest BCUT2D eigenvalue weighted by Gasteiger charge is 2.07. The number of aryl methyl sites for hydroxylation is 1. The van der Waals surface area contributed by atoms with Gasteiger partial charge in [0.25, 0.3) is 0 Å². The van der Waals surface area contributed by atoms with Gasteiger partial charge < -0.3 is 5.73 Å². The van der Waals surface area contributed by atoms with Gasteiger partial charge in [0.1, 0.15) is 0 Å². The summed E-state index contributed by atoms with van der Waals surface area (Å²) in [5.74, 6) is 0.366. The zero-order valence-electron chi connectivity index (χ0n) is 7.99. The molecular weight excluding hydrogens is 276 g/mol. The van der Waals surface area contributed by atoms with Crippen molar-refractivity contribution >= 4 is 34.1 Å². The van der Waals surface area contributed by atoms with Crippen molar-refractivity contribution in [2.75, 3.05) is 5.73 Å². The fraction of sp³-hybridized carbons (Fsp3) is 0.111. The summed E-state index contributed by atoms with van der Waals surface area (Å²) < 4.78 is 3.23. The van der Waals surface area contributed by atoms with E-state index in [1.165, 1.54) is 0 Å². The summed E-state index contributed by atoms with van der Waals surface area (Å²) in [5.41, 5.74) is 7.74. The topological polar surface area (TPSA) is 59.6 Å². The average molecular weight is 285 g/mol. The molecule has 3 N–H and O–H groups in total. The fourth-order valence-electron chi connectivity index (χ4n) is 1.41. The van der Waals surface area contributed by atoms with Crippen LogP contribution < -0.4 is 5.73 Å². The maximum atomic E-state index is 5.72. The highest BCUT2D eigenvalue weighted by molar-refractivity contribution is 9.10. The number of nitrogen functional groups attached to an aromatic ring is 1. The Labute approximate surface area is 100 Å². The normalized spacial score (nSPS) is 10.5. The molecule has 2 aromatic rings. The number of halogens is 1. The Bertz CT molecular complexity index is 557. The van der Waals surface area contributed by atoms with E-state index in [-0.39, 0.29) is 0 Å². The highest BCUT2D eigenvalue weighted by Crippen LogP contribution is 2.21. The second kappa shape index (κ2) is 3.79. The van der Waals surface area contributed by atoms with Gasteiger partial charge in [0.05, 0.1) is 5.69 Å². The van der Waals surface area contributed by atoms with Gasteiger partial charge in [-0.1, -0.05) is 15.9 Å². The lowest BCUT2D eigenvalue weighted by Gasteiger charge is -2.07. The van der Waals surface area contributed by atoms with E-state index in [1.54, 1.807) is 4.57 Å². The van der Waals surface area contributed by atoms with E-state index in [9.17, 15) is 0 Å². The van der Waals surface area contributed by atoms with Crippen LogP contribution in [0, 0.1) is 11.7 Å². The first-order chi connectivity index (χ1) is 7.09. The van der Waals surface area contributed by atoms with Crippen LogP contribution in [0.2, 0.25) is 0 Å². The summed E-state index contributed by atoms with van der Waals surface area (Å²) in [6.45, 7) is 1.99. The first-order valence-corrected chi connectivity index (χ1v) is 5.49. The molecule has 6 heteroatoms. The van der Waals surface area contributed by atoms with Gasteiger partial charge in [-0.05, 0) is 42.9 Å². The zero-order valence-corrected chi connectivity index (χ0v) is 10.4. The number of hydrogen-bond donors (Lipinski definition) is 2. The lowest BCUT2D eigenvalue weighted by Crippen LogP contribution is -2.02. The molecule has 0 radical (unpaired) electrons. The molecule has 0 fully saturated rings. The van der Waals surface area contributed by atoms with Crippen molar-refractivity contribution in [3.63, 3.8) is 0 Å². The van der Waals surface area contributed by atoms with E-state index in [1.807, 2.05) is 25.1 Å². The van der Waals surface area contributed by atoms with Gasteiger partial charge in [-0.15, -0.1) is 5.10 Å². The molecule has 0 bridgehead atoms. The number of hydrogen-bond acceptors (Lipinski definition) is 3. The van der Waals surface area contributed by atoms with Crippen molar-refractivity contribution < 1.29 is 0 Å². The Kier molecular flexibility index (Phi) is 2.62. The second-order valence-electron chi connectivity index (χ2n) is 3.15. The number of benzene rings is 1. The van der Waals surface area contributed by atoms with Crippen LogP contribution in [-0.4, -0.2) is 14.8 Å². The molecule has 0 saturated heterocycles. The van der Waals surface area contributed by atoms with Crippen LogP contribution in [0.15, 0.2) is 22.7 Å². The molecule has 2 rings (SSSR count). The largest absolute Gasteiger partial charge is 0.368 e. The van der Waals surface area contributed by atoms with Gasteiger partial charge in [-0.3, -0.25) is 4.57 Å². The Morgan fingerprint density at radius 2 is 2.27 bits per heavy atom. The summed E-state index contributed by atoms with van der Waals surface area (Å²) in [6.07, 6.45) is 0. The molecule has 78 valence electrons. The molecule has 1 heterocycles. The van der Waals surface area contributed by atoms with E-state index in [2.05, 4.69) is 26.1 Å². The standard InChI is InChI=1S/C9H9BrN4S/c1-5-4-6(10)2-3-7(5)14-8(11)12-13-9(14)15/h2-4H,1H3,(H2,11,12)(H,13,15). The molecule has 0 saturated carbocycles. The minimum absolute atomic E-state index is 0.366. The molecule has 0 spiro atoms. The third-order valence-corrected chi connectivity index (χ3v) is 2.87. The van der Waals surface area contributed by atoms with Gasteiger partial charge in [0, 0.05) is 4.47 Å². The van der Waals surface area contributed by atoms with Gasteiger partial charge in [0.15, 0.2) is 0 Å². The molecule has 1 aromatic heterocycles. The number of anilines is 1. The predicted octanol–water partition coefficient (Wildman–Crippen LogP) is 2.58. The molecular formula is C9H9BrN4S. The smallest absolute Gasteiger partial charge is 0.225 e. The summed E-state index contributed by atoms with van der Waals surface area (Å²) in [5, 5.41) is 6.52. The fourth-order valence-corrected chi connectivity index (χ4v) is 2.12. The lowest BCUT2D eigenvalue weighted by atomic mass is 10.2. The van der Waals surface area contributed by atoms with Crippen molar-refractivity contribution in [3.05, 3.63) is 33.0 Å². The average Bonchev–Trinajstić information content (AvgIpc) is 2.48. The van der Waals surface area contributed by atoms with Crippen LogP contribution in [0.1, 0.15) is 5.56 Å². The third kappa shape index (κ3) is 1.82. The van der Waals surface area contributed by atoms with Gasteiger partial charge >= 0.3 is 0 Å². The molecule has 0 atom stereocenters. The van der Waals surface area contributed by atoms with Crippen molar-refractivity contribution in [1.82, 2.24) is 14.8 Å². The van der Waals surface area contributed by atoms with E-state index < -0.39 is 0 Å². The van der Waals surface area contributed by atoms with E-state index in [0.717, 1.165) is 15.7 Å². The monoisotopic (exact) mass is 284 g/mol. The molecule has 0 unspecified atom stereocenters. The number of H-pyrrole nitrogens is 1. The van der Waals surface area contributed by atoms with Gasteiger partial charge in [-0.2, -0.15) is 0 Å². The maximum absolute atomic E-state index is 5.72. The van der Waals surface area contributed by atoms with E-state index >= 15 is 0 Å². The van der Waals surface area contributed by atoms with Crippen molar-refractivity contribution in [2.45, 2.75) is 6.92 Å². The molecule has 0 aliphatic heterocycles. The SMILES string of the molecule is Cc1cc(Br)ccc1-n1c(N)n[nH]c1=S. The zero-order chi connectivity index (χ0) is 11.0. The number of nitrogens with zero attached hydrogens (tertiary/aromatic N) is 2. The van der Waals surface area contributed by atoms with E-state index in [0.29, 0.717) is 10.7 Å².